The summed E-state index contributed by atoms with van der Waals surface area (Å²) in [7, 11) is 3.55. The zero-order valence-electron chi connectivity index (χ0n) is 7.89. The van der Waals surface area contributed by atoms with Gasteiger partial charge in [0.1, 0.15) is 0 Å². The number of likely N-dealkylation sites (N-methyl/N-ethyl adjacent to an activating group) is 1. The molecule has 0 saturated carbocycles. The molecule has 3 nitrogen and oxygen atoms in total. The Morgan fingerprint density at radius 3 is 2.75 bits per heavy atom. The fourth-order valence-electron chi connectivity index (χ4n) is 0.875. The van der Waals surface area contributed by atoms with Crippen molar-refractivity contribution in [1.82, 2.24) is 10.6 Å². The van der Waals surface area contributed by atoms with Crippen LogP contribution in [0.1, 0.15) is 0 Å². The molecular weight excluding hydrogens is 152 g/mol. The summed E-state index contributed by atoms with van der Waals surface area (Å²) in [6.45, 7) is 8.90. The first-order valence-corrected chi connectivity index (χ1v) is 3.95. The smallest absolute Gasteiger partial charge is 0.0700 e. The molecule has 0 aromatic carbocycles. The second-order valence-corrected chi connectivity index (χ2v) is 2.58. The molecule has 0 aliphatic rings. The summed E-state index contributed by atoms with van der Waals surface area (Å²) < 4.78 is 4.98. The summed E-state index contributed by atoms with van der Waals surface area (Å²) >= 11 is 0. The molecular formula is C9H18N2O. The lowest BCUT2D eigenvalue weighted by atomic mass is 10.3. The van der Waals surface area contributed by atoms with Gasteiger partial charge in [0.05, 0.1) is 12.6 Å². The third-order valence-corrected chi connectivity index (χ3v) is 1.41. The highest BCUT2D eigenvalue weighted by atomic mass is 16.5. The van der Waals surface area contributed by atoms with Gasteiger partial charge in [-0.2, -0.15) is 0 Å². The molecule has 12 heavy (non-hydrogen) atoms. The fraction of sp³-hybridized carbons (Fsp3) is 0.556. The normalized spacial score (nSPS) is 12.2. The second-order valence-electron chi connectivity index (χ2n) is 2.58. The van der Waals surface area contributed by atoms with Crippen LogP contribution in [0, 0.1) is 0 Å². The first kappa shape index (κ1) is 11.2. The molecule has 0 amide bonds. The van der Waals surface area contributed by atoms with Crippen LogP contribution in [0.2, 0.25) is 0 Å². The Kier molecular flexibility index (Phi) is 6.42. The maximum Gasteiger partial charge on any atom is 0.0700 e. The summed E-state index contributed by atoms with van der Waals surface area (Å²) in [5.74, 6) is 0. The van der Waals surface area contributed by atoms with Crippen LogP contribution in [0.15, 0.2) is 24.9 Å². The first-order chi connectivity index (χ1) is 5.74. The van der Waals surface area contributed by atoms with Gasteiger partial charge in [0.2, 0.25) is 0 Å². The van der Waals surface area contributed by atoms with Crippen LogP contribution >= 0.6 is 0 Å². The van der Waals surface area contributed by atoms with Crippen molar-refractivity contribution in [2.45, 2.75) is 6.04 Å². The predicted molar refractivity (Wildman–Crippen MR) is 52.1 cm³/mol. The molecule has 0 aliphatic heterocycles. The molecule has 0 rings (SSSR count). The molecule has 70 valence electrons. The van der Waals surface area contributed by atoms with Crippen molar-refractivity contribution in [3.05, 3.63) is 24.9 Å². The van der Waals surface area contributed by atoms with E-state index in [-0.39, 0.29) is 6.04 Å². The van der Waals surface area contributed by atoms with Crippen LogP contribution < -0.4 is 10.6 Å². The van der Waals surface area contributed by atoms with Gasteiger partial charge in [-0.1, -0.05) is 12.7 Å². The number of methoxy groups -OCH3 is 1. The molecule has 0 aliphatic carbocycles. The van der Waals surface area contributed by atoms with E-state index < -0.39 is 0 Å². The van der Waals surface area contributed by atoms with Crippen molar-refractivity contribution in [2.75, 3.05) is 27.3 Å². The zero-order valence-corrected chi connectivity index (χ0v) is 7.89. The average Bonchev–Trinajstić information content (AvgIpc) is 2.04. The highest BCUT2D eigenvalue weighted by Crippen LogP contribution is 1.90. The van der Waals surface area contributed by atoms with E-state index in [4.69, 9.17) is 4.74 Å². The lowest BCUT2D eigenvalue weighted by Crippen LogP contribution is -2.33. The van der Waals surface area contributed by atoms with Crippen LogP contribution in [-0.4, -0.2) is 33.4 Å². The molecule has 0 heterocycles. The van der Waals surface area contributed by atoms with Gasteiger partial charge in [-0.15, -0.1) is 6.58 Å². The third kappa shape index (κ3) is 4.93. The number of nitrogens with one attached hydrogen (secondary N) is 2. The van der Waals surface area contributed by atoms with Crippen molar-refractivity contribution in [3.8, 4) is 0 Å². The molecule has 2 N–H and O–H groups in total. The molecule has 0 spiro atoms. The van der Waals surface area contributed by atoms with Gasteiger partial charge in [-0.3, -0.25) is 0 Å². The van der Waals surface area contributed by atoms with E-state index in [1.165, 1.54) is 0 Å². The predicted octanol–water partition coefficient (Wildman–Crippen LogP) is 0.510. The fourth-order valence-corrected chi connectivity index (χ4v) is 0.875. The van der Waals surface area contributed by atoms with Gasteiger partial charge in [0.25, 0.3) is 0 Å². The molecule has 0 fully saturated rings. The molecule has 0 saturated heterocycles. The number of hydrogen-bond donors (Lipinski definition) is 2. The lowest BCUT2D eigenvalue weighted by molar-refractivity contribution is 0.184. The van der Waals surface area contributed by atoms with Crippen LogP contribution in [0.4, 0.5) is 0 Å². The Morgan fingerprint density at radius 1 is 1.67 bits per heavy atom. The molecule has 0 bridgehead atoms. The van der Waals surface area contributed by atoms with Crippen LogP contribution in [-0.2, 0) is 4.74 Å². The Labute approximate surface area is 74.5 Å². The van der Waals surface area contributed by atoms with Crippen molar-refractivity contribution in [1.29, 1.82) is 0 Å². The average molecular weight is 170 g/mol. The summed E-state index contributed by atoms with van der Waals surface area (Å²) in [5, 5.41) is 6.17. The van der Waals surface area contributed by atoms with E-state index in [0.717, 1.165) is 12.2 Å². The van der Waals surface area contributed by atoms with Crippen LogP contribution in [0.5, 0.6) is 0 Å². The van der Waals surface area contributed by atoms with E-state index in [9.17, 15) is 0 Å². The van der Waals surface area contributed by atoms with E-state index in [1.54, 1.807) is 7.11 Å². The zero-order chi connectivity index (χ0) is 9.40. The van der Waals surface area contributed by atoms with Crippen LogP contribution in [0.3, 0.4) is 0 Å². The van der Waals surface area contributed by atoms with E-state index in [0.29, 0.717) is 6.61 Å². The minimum atomic E-state index is 0.149. The number of hydrogen-bond acceptors (Lipinski definition) is 3. The minimum absolute atomic E-state index is 0.149. The number of rotatable bonds is 7. The van der Waals surface area contributed by atoms with Gasteiger partial charge in [-0.25, -0.2) is 0 Å². The molecule has 0 radical (unpaired) electrons. The van der Waals surface area contributed by atoms with Gasteiger partial charge in [0, 0.05) is 19.4 Å². The lowest BCUT2D eigenvalue weighted by Gasteiger charge is -2.16. The van der Waals surface area contributed by atoms with Gasteiger partial charge in [-0.05, 0) is 7.05 Å². The highest BCUT2D eigenvalue weighted by Gasteiger charge is 2.02. The summed E-state index contributed by atoms with van der Waals surface area (Å²) in [4.78, 5) is 0. The van der Waals surface area contributed by atoms with Gasteiger partial charge >= 0.3 is 0 Å². The van der Waals surface area contributed by atoms with E-state index >= 15 is 0 Å². The maximum absolute atomic E-state index is 4.98. The largest absolute Gasteiger partial charge is 0.382 e. The van der Waals surface area contributed by atoms with Crippen LogP contribution in [0.25, 0.3) is 0 Å². The third-order valence-electron chi connectivity index (χ3n) is 1.41. The van der Waals surface area contributed by atoms with Crippen molar-refractivity contribution in [3.63, 3.8) is 0 Å². The van der Waals surface area contributed by atoms with Crippen molar-refractivity contribution < 1.29 is 4.74 Å². The monoisotopic (exact) mass is 170 g/mol. The Morgan fingerprint density at radius 2 is 2.33 bits per heavy atom. The Balaban J connectivity index is 3.68. The molecule has 0 aromatic heterocycles. The standard InChI is InChI=1S/C9H18N2O/c1-5-9(7-12-4)11-8(2)6-10-3/h5,9-11H,1-2,6-7H2,3-4H3. The number of ether oxygens (including phenoxy) is 1. The first-order valence-electron chi connectivity index (χ1n) is 3.95. The minimum Gasteiger partial charge on any atom is -0.382 e. The Hall–Kier alpha value is -0.800. The SMILES string of the molecule is C=CC(COC)NC(=C)CNC. The Bertz CT molecular complexity index is 145. The molecule has 3 heteroatoms. The van der Waals surface area contributed by atoms with E-state index in [2.05, 4.69) is 23.8 Å². The summed E-state index contributed by atoms with van der Waals surface area (Å²) in [6, 6.07) is 0.149. The van der Waals surface area contributed by atoms with Gasteiger partial charge < -0.3 is 15.4 Å². The molecule has 1 atom stereocenters. The van der Waals surface area contributed by atoms with E-state index in [1.807, 2.05) is 13.1 Å². The summed E-state index contributed by atoms with van der Waals surface area (Å²) in [6.07, 6.45) is 1.81. The molecule has 1 unspecified atom stereocenters. The van der Waals surface area contributed by atoms with Crippen molar-refractivity contribution >= 4 is 0 Å². The topological polar surface area (TPSA) is 33.3 Å². The maximum atomic E-state index is 4.98. The summed E-state index contributed by atoms with van der Waals surface area (Å²) in [5.41, 5.74) is 0.944. The quantitative estimate of drug-likeness (QED) is 0.546. The highest BCUT2D eigenvalue weighted by molar-refractivity contribution is 5.00. The molecule has 0 aromatic rings. The second kappa shape index (κ2) is 6.88. The van der Waals surface area contributed by atoms with Crippen molar-refractivity contribution in [2.24, 2.45) is 0 Å². The van der Waals surface area contributed by atoms with Gasteiger partial charge in [0.15, 0.2) is 0 Å².